The van der Waals surface area contributed by atoms with Crippen molar-refractivity contribution in [2.75, 3.05) is 11.9 Å². The van der Waals surface area contributed by atoms with Crippen molar-refractivity contribution in [3.05, 3.63) is 53.6 Å². The Bertz CT molecular complexity index is 1160. The second kappa shape index (κ2) is 7.29. The number of hydrogen-bond acceptors (Lipinski definition) is 5. The minimum Gasteiger partial charge on any atom is -0.381 e. The summed E-state index contributed by atoms with van der Waals surface area (Å²) in [6.07, 6.45) is 1.49. The Morgan fingerprint density at radius 3 is 2.76 bits per heavy atom. The molecule has 0 bridgehead atoms. The minimum atomic E-state index is -4.43. The van der Waals surface area contributed by atoms with E-state index in [4.69, 9.17) is 4.99 Å². The van der Waals surface area contributed by atoms with E-state index in [1.807, 2.05) is 18.2 Å². The molecule has 1 spiro atoms. The van der Waals surface area contributed by atoms with Gasteiger partial charge in [0.25, 0.3) is 0 Å². The highest BCUT2D eigenvalue weighted by Gasteiger charge is 2.72. The summed E-state index contributed by atoms with van der Waals surface area (Å²) >= 11 is 0. The number of amides is 3. The Hall–Kier alpha value is -3.43. The van der Waals surface area contributed by atoms with Crippen LogP contribution in [0.3, 0.4) is 0 Å². The van der Waals surface area contributed by atoms with Crippen molar-refractivity contribution >= 4 is 29.2 Å². The first-order chi connectivity index (χ1) is 15.6. The molecule has 10 heteroatoms. The second-order valence-corrected chi connectivity index (χ2v) is 8.71. The summed E-state index contributed by atoms with van der Waals surface area (Å²) in [5.74, 6) is -1.39. The van der Waals surface area contributed by atoms with Gasteiger partial charge < -0.3 is 5.32 Å². The van der Waals surface area contributed by atoms with Crippen LogP contribution in [0.25, 0.3) is 0 Å². The van der Waals surface area contributed by atoms with E-state index < -0.39 is 35.1 Å². The Morgan fingerprint density at radius 1 is 1.24 bits per heavy atom. The molecule has 2 aliphatic carbocycles. The molecule has 1 saturated carbocycles. The predicted molar refractivity (Wildman–Crippen MR) is 113 cm³/mol. The lowest BCUT2D eigenvalue weighted by Gasteiger charge is -2.35. The van der Waals surface area contributed by atoms with E-state index >= 15 is 0 Å². The Morgan fingerprint density at radius 2 is 2.03 bits per heavy atom. The van der Waals surface area contributed by atoms with Gasteiger partial charge in [0, 0.05) is 24.6 Å². The minimum absolute atomic E-state index is 0.151. The van der Waals surface area contributed by atoms with Crippen LogP contribution in [-0.4, -0.2) is 46.6 Å². The van der Waals surface area contributed by atoms with Crippen molar-refractivity contribution in [1.82, 2.24) is 10.2 Å². The Labute approximate surface area is 187 Å². The highest BCUT2D eigenvalue weighted by molar-refractivity contribution is 6.10. The number of allylic oxidation sites excluding steroid dienone is 2. The van der Waals surface area contributed by atoms with Crippen molar-refractivity contribution in [2.24, 2.45) is 16.8 Å². The molecule has 3 amide bonds. The molecule has 0 radical (unpaired) electrons. The van der Waals surface area contributed by atoms with Crippen LogP contribution in [0.4, 0.5) is 18.9 Å². The third kappa shape index (κ3) is 3.44. The molecule has 0 aromatic heterocycles. The summed E-state index contributed by atoms with van der Waals surface area (Å²) in [7, 11) is 0. The molecule has 33 heavy (non-hydrogen) atoms. The maximum atomic E-state index is 13.4. The van der Waals surface area contributed by atoms with Gasteiger partial charge in [-0.05, 0) is 37.1 Å². The molecular formula is C23H21F3N4O3. The molecule has 5 rings (SSSR count). The first-order valence-electron chi connectivity index (χ1n) is 10.6. The summed E-state index contributed by atoms with van der Waals surface area (Å²) < 4.78 is 39.0. The lowest BCUT2D eigenvalue weighted by molar-refractivity contribution is -0.143. The van der Waals surface area contributed by atoms with Gasteiger partial charge in [0.15, 0.2) is 0 Å². The van der Waals surface area contributed by atoms with Crippen LogP contribution >= 0.6 is 0 Å². The first-order valence-corrected chi connectivity index (χ1v) is 10.6. The SMILES string of the molecule is CC1=NC23C=CC=C(CNc4cccc(C(F)(F)F)c4)C2C3C(=O)N1C1CCC(=O)NC1=O. The number of nitrogens with one attached hydrogen (secondary N) is 2. The van der Waals surface area contributed by atoms with E-state index in [0.717, 1.165) is 17.7 Å². The summed E-state index contributed by atoms with van der Waals surface area (Å²) in [5, 5.41) is 5.30. The quantitative estimate of drug-likeness (QED) is 0.679. The van der Waals surface area contributed by atoms with Gasteiger partial charge in [0.05, 0.1) is 11.5 Å². The van der Waals surface area contributed by atoms with E-state index in [0.29, 0.717) is 11.5 Å². The highest BCUT2D eigenvalue weighted by Crippen LogP contribution is 2.62. The van der Waals surface area contributed by atoms with Crippen molar-refractivity contribution in [2.45, 2.75) is 37.5 Å². The zero-order valence-electron chi connectivity index (χ0n) is 17.6. The lowest BCUT2D eigenvalue weighted by Crippen LogP contribution is -2.57. The molecule has 1 saturated heterocycles. The topological polar surface area (TPSA) is 90.9 Å². The number of halogens is 3. The Balaban J connectivity index is 1.34. The summed E-state index contributed by atoms with van der Waals surface area (Å²) in [5.41, 5.74) is -0.279. The zero-order chi connectivity index (χ0) is 23.5. The van der Waals surface area contributed by atoms with Crippen LogP contribution in [0.1, 0.15) is 25.3 Å². The van der Waals surface area contributed by atoms with E-state index in [2.05, 4.69) is 10.6 Å². The second-order valence-electron chi connectivity index (χ2n) is 8.71. The first kappa shape index (κ1) is 21.4. The highest BCUT2D eigenvalue weighted by atomic mass is 19.4. The number of rotatable bonds is 4. The number of alkyl halides is 3. The van der Waals surface area contributed by atoms with Crippen LogP contribution in [0, 0.1) is 11.8 Å². The van der Waals surface area contributed by atoms with Crippen LogP contribution in [0.2, 0.25) is 0 Å². The fourth-order valence-corrected chi connectivity index (χ4v) is 5.19. The van der Waals surface area contributed by atoms with Gasteiger partial charge in [-0.2, -0.15) is 13.2 Å². The van der Waals surface area contributed by atoms with Crippen LogP contribution in [0.15, 0.2) is 53.1 Å². The van der Waals surface area contributed by atoms with Crippen molar-refractivity contribution in [1.29, 1.82) is 0 Å². The van der Waals surface area contributed by atoms with Crippen molar-refractivity contribution in [3.8, 4) is 0 Å². The van der Waals surface area contributed by atoms with E-state index in [1.54, 1.807) is 13.0 Å². The molecular weight excluding hydrogens is 437 g/mol. The number of fused-ring (bicyclic) bond motifs is 1. The number of imide groups is 1. The summed E-state index contributed by atoms with van der Waals surface area (Å²) in [4.78, 5) is 43.4. The van der Waals surface area contributed by atoms with Gasteiger partial charge in [0.1, 0.15) is 17.4 Å². The maximum Gasteiger partial charge on any atom is 0.416 e. The molecule has 1 aromatic carbocycles. The number of benzene rings is 1. The lowest BCUT2D eigenvalue weighted by atomic mass is 10.00. The molecule has 2 aliphatic heterocycles. The molecule has 4 unspecified atom stereocenters. The van der Waals surface area contributed by atoms with Crippen LogP contribution in [-0.2, 0) is 20.6 Å². The third-order valence-electron chi connectivity index (χ3n) is 6.71. The number of carbonyl (C=O) groups is 3. The van der Waals surface area contributed by atoms with Gasteiger partial charge in [-0.1, -0.05) is 24.3 Å². The molecule has 172 valence electrons. The molecule has 4 aliphatic rings. The standard InChI is InChI=1S/C23H21F3N4O3/c1-12-29-22-9-3-4-13(11-27-15-6-2-5-14(10-15)23(24,25)26)18(22)19(22)21(33)30(12)16-7-8-17(31)28-20(16)32/h2-6,9-10,16,18-19,27H,7-8,11H2,1H3,(H,28,31,32). The van der Waals surface area contributed by atoms with Gasteiger partial charge >= 0.3 is 6.18 Å². The number of piperidine rings is 1. The molecule has 4 atom stereocenters. The third-order valence-corrected chi connectivity index (χ3v) is 6.71. The summed E-state index contributed by atoms with van der Waals surface area (Å²) in [6, 6.07) is 4.18. The maximum absolute atomic E-state index is 13.4. The number of hydrogen-bond donors (Lipinski definition) is 2. The molecule has 1 aromatic rings. The van der Waals surface area contributed by atoms with E-state index in [9.17, 15) is 27.6 Å². The average molecular weight is 458 g/mol. The largest absolute Gasteiger partial charge is 0.416 e. The van der Waals surface area contributed by atoms with Gasteiger partial charge in [0.2, 0.25) is 17.7 Å². The van der Waals surface area contributed by atoms with Crippen LogP contribution in [0.5, 0.6) is 0 Å². The Kier molecular flexibility index (Phi) is 4.73. The fraction of sp³-hybridized carbons (Fsp3) is 0.391. The fourth-order valence-electron chi connectivity index (χ4n) is 5.19. The van der Waals surface area contributed by atoms with Crippen molar-refractivity contribution in [3.63, 3.8) is 0 Å². The number of carbonyl (C=O) groups excluding carboxylic acids is 3. The van der Waals surface area contributed by atoms with Gasteiger partial charge in [-0.25, -0.2) is 0 Å². The zero-order valence-corrected chi connectivity index (χ0v) is 17.6. The average Bonchev–Trinajstić information content (AvgIpc) is 3.43. The monoisotopic (exact) mass is 458 g/mol. The number of amidine groups is 1. The molecule has 2 heterocycles. The number of aliphatic imine (C=N–C) groups is 1. The number of nitrogens with zero attached hydrogens (tertiary/aromatic N) is 2. The summed E-state index contributed by atoms with van der Waals surface area (Å²) in [6.45, 7) is 1.93. The number of anilines is 1. The van der Waals surface area contributed by atoms with Crippen LogP contribution < -0.4 is 10.6 Å². The predicted octanol–water partition coefficient (Wildman–Crippen LogP) is 2.66. The smallest absolute Gasteiger partial charge is 0.381 e. The van der Waals surface area contributed by atoms with Gasteiger partial charge in [-0.15, -0.1) is 0 Å². The van der Waals surface area contributed by atoms with Crippen molar-refractivity contribution < 1.29 is 27.6 Å². The molecule has 2 fully saturated rings. The van der Waals surface area contributed by atoms with E-state index in [1.165, 1.54) is 11.0 Å². The molecule has 7 nitrogen and oxygen atoms in total. The van der Waals surface area contributed by atoms with Gasteiger partial charge in [-0.3, -0.25) is 29.6 Å². The normalized spacial score (nSPS) is 30.7. The molecule has 2 N–H and O–H groups in total. The van der Waals surface area contributed by atoms with E-state index in [-0.39, 0.29) is 37.1 Å².